The van der Waals surface area contributed by atoms with Crippen molar-refractivity contribution in [3.8, 4) is 11.8 Å². The Labute approximate surface area is 111 Å². The van der Waals surface area contributed by atoms with Crippen LogP contribution in [0.15, 0.2) is 24.3 Å². The Balaban J connectivity index is 2.80. The zero-order chi connectivity index (χ0) is 15.3. The Kier molecular flexibility index (Phi) is 4.64. The highest BCUT2D eigenvalue weighted by Gasteiger charge is 2.39. The van der Waals surface area contributed by atoms with Gasteiger partial charge in [-0.25, -0.2) is 0 Å². The van der Waals surface area contributed by atoms with Gasteiger partial charge in [0.05, 0.1) is 6.42 Å². The van der Waals surface area contributed by atoms with E-state index in [1.54, 1.807) is 0 Å². The third kappa shape index (κ3) is 4.57. The largest absolute Gasteiger partial charge is 0.450 e. The van der Waals surface area contributed by atoms with E-state index in [1.165, 1.54) is 24.3 Å². The van der Waals surface area contributed by atoms with Crippen LogP contribution in [0, 0.1) is 11.8 Å². The summed E-state index contributed by atoms with van der Waals surface area (Å²) in [6.45, 7) is 0. The highest BCUT2D eigenvalue weighted by Crippen LogP contribution is 2.19. The van der Waals surface area contributed by atoms with Crippen molar-refractivity contribution >= 4 is 17.5 Å². The number of hydrogen-bond acceptors (Lipinski definition) is 3. The number of halogens is 3. The van der Waals surface area contributed by atoms with E-state index in [2.05, 4.69) is 11.8 Å². The maximum absolute atomic E-state index is 12.0. The number of benzene rings is 1. The van der Waals surface area contributed by atoms with Crippen LogP contribution < -0.4 is 5.73 Å². The molecule has 0 radical (unpaired) electrons. The van der Waals surface area contributed by atoms with Gasteiger partial charge < -0.3 is 5.73 Å². The quantitative estimate of drug-likeness (QED) is 0.515. The van der Waals surface area contributed by atoms with Crippen LogP contribution in [0.2, 0.25) is 0 Å². The lowest BCUT2D eigenvalue weighted by Gasteiger charge is -2.04. The molecule has 0 aliphatic carbocycles. The first-order chi connectivity index (χ1) is 9.20. The average Bonchev–Trinajstić information content (AvgIpc) is 2.35. The fourth-order valence-corrected chi connectivity index (χ4v) is 1.22. The molecule has 20 heavy (non-hydrogen) atoms. The van der Waals surface area contributed by atoms with Crippen LogP contribution in [0.3, 0.4) is 0 Å². The molecule has 0 saturated carbocycles. The number of ketones is 2. The smallest absolute Gasteiger partial charge is 0.359 e. The number of Topliss-reactive ketones (excluding diaryl/α,β-unsaturated/α-hetero) is 2. The second kappa shape index (κ2) is 6.02. The van der Waals surface area contributed by atoms with Crippen molar-refractivity contribution < 1.29 is 27.6 Å². The molecule has 0 fully saturated rings. The number of alkyl halides is 3. The molecular formula is C13H8F3NO3. The fraction of sp³-hybridized carbons (Fsp3) is 0.154. The van der Waals surface area contributed by atoms with Crippen LogP contribution in [0.4, 0.5) is 13.2 Å². The molecule has 0 spiro atoms. The van der Waals surface area contributed by atoms with E-state index in [0.29, 0.717) is 5.56 Å². The molecule has 2 N–H and O–H groups in total. The van der Waals surface area contributed by atoms with Crippen LogP contribution in [0.25, 0.3) is 0 Å². The van der Waals surface area contributed by atoms with Crippen molar-refractivity contribution in [2.75, 3.05) is 0 Å². The van der Waals surface area contributed by atoms with Gasteiger partial charge in [0.2, 0.25) is 5.78 Å². The molecule has 0 bridgehead atoms. The van der Waals surface area contributed by atoms with Gasteiger partial charge in [0.15, 0.2) is 5.78 Å². The van der Waals surface area contributed by atoms with Crippen LogP contribution in [-0.2, 0) is 9.59 Å². The summed E-state index contributed by atoms with van der Waals surface area (Å²) in [5, 5.41) is 0. The zero-order valence-corrected chi connectivity index (χ0v) is 9.95. The summed E-state index contributed by atoms with van der Waals surface area (Å²) in [4.78, 5) is 32.5. The molecule has 0 aliphatic rings. The lowest BCUT2D eigenvalue weighted by Crippen LogP contribution is -2.25. The van der Waals surface area contributed by atoms with Gasteiger partial charge in [-0.15, -0.1) is 0 Å². The van der Waals surface area contributed by atoms with E-state index in [1.807, 2.05) is 0 Å². The fourth-order valence-electron chi connectivity index (χ4n) is 1.22. The summed E-state index contributed by atoms with van der Waals surface area (Å²) in [5.41, 5.74) is 5.12. The number of carbonyl (C=O) groups excluding carboxylic acids is 3. The minimum absolute atomic E-state index is 0.0489. The van der Waals surface area contributed by atoms with Crippen LogP contribution in [0.1, 0.15) is 22.3 Å². The SMILES string of the molecule is NC(=O)C#Cc1ccc(C(=O)CC(=O)C(F)(F)F)cc1. The number of amides is 1. The van der Waals surface area contributed by atoms with Gasteiger partial charge in [0, 0.05) is 11.1 Å². The normalized spacial score (nSPS) is 10.3. The molecule has 1 rings (SSSR count). The van der Waals surface area contributed by atoms with Crippen molar-refractivity contribution in [1.82, 2.24) is 0 Å². The Morgan fingerprint density at radius 2 is 1.65 bits per heavy atom. The standard InChI is InChI=1S/C13H8F3NO3/c14-13(15,16)11(19)7-10(18)9-4-1-8(2-5-9)3-6-12(17)20/h1-2,4-5H,7H2,(H2,17,20). The highest BCUT2D eigenvalue weighted by molar-refractivity contribution is 6.09. The number of carbonyl (C=O) groups is 3. The molecule has 0 saturated heterocycles. The first-order valence-corrected chi connectivity index (χ1v) is 5.25. The maximum Gasteiger partial charge on any atom is 0.450 e. The van der Waals surface area contributed by atoms with Gasteiger partial charge in [0.1, 0.15) is 0 Å². The predicted octanol–water partition coefficient (Wildman–Crippen LogP) is 1.23. The predicted molar refractivity (Wildman–Crippen MR) is 62.5 cm³/mol. The first-order valence-electron chi connectivity index (χ1n) is 5.25. The van der Waals surface area contributed by atoms with Crippen molar-refractivity contribution in [3.05, 3.63) is 35.4 Å². The summed E-state index contributed by atoms with van der Waals surface area (Å²) in [6.07, 6.45) is -6.27. The summed E-state index contributed by atoms with van der Waals surface area (Å²) in [7, 11) is 0. The van der Waals surface area contributed by atoms with E-state index in [9.17, 15) is 27.6 Å². The molecule has 0 heterocycles. The van der Waals surface area contributed by atoms with E-state index in [-0.39, 0.29) is 5.56 Å². The third-order valence-corrected chi connectivity index (χ3v) is 2.17. The second-order valence-electron chi connectivity index (χ2n) is 3.71. The van der Waals surface area contributed by atoms with E-state index < -0.39 is 30.1 Å². The molecule has 1 aromatic rings. The Morgan fingerprint density at radius 1 is 1.10 bits per heavy atom. The lowest BCUT2D eigenvalue weighted by molar-refractivity contribution is -0.170. The summed E-state index contributed by atoms with van der Waals surface area (Å²) >= 11 is 0. The molecule has 1 aromatic carbocycles. The highest BCUT2D eigenvalue weighted by atomic mass is 19.4. The van der Waals surface area contributed by atoms with Crippen molar-refractivity contribution in [3.63, 3.8) is 0 Å². The molecule has 0 aromatic heterocycles. The maximum atomic E-state index is 12.0. The van der Waals surface area contributed by atoms with Gasteiger partial charge >= 0.3 is 6.18 Å². The lowest BCUT2D eigenvalue weighted by atomic mass is 10.0. The Morgan fingerprint density at radius 3 is 2.10 bits per heavy atom. The van der Waals surface area contributed by atoms with Crippen molar-refractivity contribution in [2.45, 2.75) is 12.6 Å². The van der Waals surface area contributed by atoms with E-state index in [0.717, 1.165) is 0 Å². The van der Waals surface area contributed by atoms with Gasteiger partial charge in [-0.3, -0.25) is 14.4 Å². The third-order valence-electron chi connectivity index (χ3n) is 2.17. The molecule has 0 unspecified atom stereocenters. The van der Waals surface area contributed by atoms with Crippen LogP contribution in [-0.4, -0.2) is 23.6 Å². The van der Waals surface area contributed by atoms with Crippen LogP contribution >= 0.6 is 0 Å². The number of hydrogen-bond donors (Lipinski definition) is 1. The van der Waals surface area contributed by atoms with Gasteiger partial charge in [0.25, 0.3) is 5.91 Å². The zero-order valence-electron chi connectivity index (χ0n) is 9.95. The van der Waals surface area contributed by atoms with E-state index in [4.69, 9.17) is 5.73 Å². The minimum atomic E-state index is -5.03. The summed E-state index contributed by atoms with van der Waals surface area (Å²) < 4.78 is 36.0. The number of nitrogens with two attached hydrogens (primary N) is 1. The minimum Gasteiger partial charge on any atom is -0.359 e. The first kappa shape index (κ1) is 15.4. The average molecular weight is 283 g/mol. The summed E-state index contributed by atoms with van der Waals surface area (Å²) in [5.74, 6) is 0.584. The number of rotatable bonds is 3. The van der Waals surface area contributed by atoms with Gasteiger partial charge in [-0.1, -0.05) is 18.1 Å². The monoisotopic (exact) mass is 283 g/mol. The Bertz CT molecular complexity index is 606. The van der Waals surface area contributed by atoms with Crippen LogP contribution in [0.5, 0.6) is 0 Å². The molecule has 7 heteroatoms. The molecule has 1 amide bonds. The topological polar surface area (TPSA) is 77.2 Å². The van der Waals surface area contributed by atoms with Gasteiger partial charge in [-0.05, 0) is 18.1 Å². The molecule has 4 nitrogen and oxygen atoms in total. The van der Waals surface area contributed by atoms with Gasteiger partial charge in [-0.2, -0.15) is 13.2 Å². The molecule has 104 valence electrons. The summed E-state index contributed by atoms with van der Waals surface area (Å²) in [6, 6.07) is 5.11. The number of primary amides is 1. The van der Waals surface area contributed by atoms with E-state index >= 15 is 0 Å². The van der Waals surface area contributed by atoms with Crippen molar-refractivity contribution in [2.24, 2.45) is 5.73 Å². The molecule has 0 aliphatic heterocycles. The second-order valence-corrected chi connectivity index (χ2v) is 3.71. The molecule has 0 atom stereocenters. The Hall–Kier alpha value is -2.62. The van der Waals surface area contributed by atoms with Crippen molar-refractivity contribution in [1.29, 1.82) is 0 Å². The molecular weight excluding hydrogens is 275 g/mol.